The molecule has 0 aliphatic heterocycles. The summed E-state index contributed by atoms with van der Waals surface area (Å²) in [5.74, 6) is -0.973. The molecule has 0 aliphatic carbocycles. The summed E-state index contributed by atoms with van der Waals surface area (Å²) in [6.45, 7) is 0.963. The Kier molecular flexibility index (Phi) is 4.90. The van der Waals surface area contributed by atoms with Crippen molar-refractivity contribution >= 4 is 21.7 Å². The van der Waals surface area contributed by atoms with Crippen molar-refractivity contribution in [1.82, 2.24) is 0 Å². The monoisotopic (exact) mass is 335 g/mol. The second kappa shape index (κ2) is 6.70. The Labute approximate surface area is 135 Å². The molecule has 2 aromatic rings. The molecule has 1 N–H and O–H groups in total. The van der Waals surface area contributed by atoms with Crippen molar-refractivity contribution in [2.75, 3.05) is 18.0 Å². The van der Waals surface area contributed by atoms with E-state index >= 15 is 0 Å². The molecule has 2 aromatic carbocycles. The Morgan fingerprint density at radius 2 is 1.74 bits per heavy atom. The highest BCUT2D eigenvalue weighted by Crippen LogP contribution is 2.32. The predicted molar refractivity (Wildman–Crippen MR) is 86.3 cm³/mol. The van der Waals surface area contributed by atoms with E-state index in [0.29, 0.717) is 5.56 Å². The van der Waals surface area contributed by atoms with Crippen LogP contribution in [0.4, 0.5) is 5.69 Å². The smallest absolute Gasteiger partial charge is 0.324 e. The van der Waals surface area contributed by atoms with Gasteiger partial charge in [0.2, 0.25) is 0 Å². The van der Waals surface area contributed by atoms with E-state index in [1.54, 1.807) is 43.3 Å². The minimum Gasteiger partial charge on any atom is -0.495 e. The summed E-state index contributed by atoms with van der Waals surface area (Å²) in [6, 6.07) is 12.8. The molecule has 0 aromatic heterocycles. The van der Waals surface area contributed by atoms with E-state index in [0.717, 1.165) is 4.31 Å². The number of hydrogen-bond donors (Lipinski definition) is 1. The summed E-state index contributed by atoms with van der Waals surface area (Å²) in [6.07, 6.45) is 0. The summed E-state index contributed by atoms with van der Waals surface area (Å²) < 4.78 is 31.9. The SMILES string of the molecule is COc1ccccc1N(CC(=O)O)S(=O)(=O)c1ccccc1C. The van der Waals surface area contributed by atoms with Crippen molar-refractivity contribution in [3.63, 3.8) is 0 Å². The fourth-order valence-corrected chi connectivity index (χ4v) is 3.88. The number of aryl methyl sites for hydroxylation is 1. The fraction of sp³-hybridized carbons (Fsp3) is 0.188. The number of benzene rings is 2. The number of nitrogens with zero attached hydrogens (tertiary/aromatic N) is 1. The summed E-state index contributed by atoms with van der Waals surface area (Å²) in [7, 11) is -2.64. The maximum Gasteiger partial charge on any atom is 0.324 e. The number of rotatable bonds is 6. The minimum absolute atomic E-state index is 0.0622. The standard InChI is InChI=1S/C16H17NO5S/c1-12-7-3-6-10-15(12)23(20,21)17(11-16(18)19)13-8-4-5-9-14(13)22-2/h3-10H,11H2,1-2H3,(H,18,19). The van der Waals surface area contributed by atoms with Crippen molar-refractivity contribution in [1.29, 1.82) is 0 Å². The van der Waals surface area contributed by atoms with Crippen molar-refractivity contribution in [2.45, 2.75) is 11.8 Å². The Hall–Kier alpha value is -2.54. The summed E-state index contributed by atoms with van der Waals surface area (Å²) >= 11 is 0. The third-order valence-electron chi connectivity index (χ3n) is 3.29. The molecule has 0 spiro atoms. The first kappa shape index (κ1) is 16.8. The molecule has 0 saturated carbocycles. The first-order chi connectivity index (χ1) is 10.9. The van der Waals surface area contributed by atoms with Crippen LogP contribution in [0.2, 0.25) is 0 Å². The van der Waals surface area contributed by atoms with E-state index in [1.165, 1.54) is 19.2 Å². The molecule has 0 atom stereocenters. The normalized spacial score (nSPS) is 11.0. The van der Waals surface area contributed by atoms with Gasteiger partial charge in [-0.2, -0.15) is 0 Å². The van der Waals surface area contributed by atoms with Crippen LogP contribution in [0.15, 0.2) is 53.4 Å². The van der Waals surface area contributed by atoms with Gasteiger partial charge in [-0.25, -0.2) is 8.42 Å². The van der Waals surface area contributed by atoms with Crippen LogP contribution in [-0.4, -0.2) is 33.1 Å². The van der Waals surface area contributed by atoms with Gasteiger partial charge in [-0.05, 0) is 30.7 Å². The molecule has 6 nitrogen and oxygen atoms in total. The first-order valence-electron chi connectivity index (χ1n) is 6.81. The van der Waals surface area contributed by atoms with Crippen LogP contribution < -0.4 is 9.04 Å². The fourth-order valence-electron chi connectivity index (χ4n) is 2.22. The number of sulfonamides is 1. The third-order valence-corrected chi connectivity index (χ3v) is 5.21. The zero-order chi connectivity index (χ0) is 17.0. The Morgan fingerprint density at radius 3 is 2.35 bits per heavy atom. The van der Waals surface area contributed by atoms with Crippen LogP contribution in [0.25, 0.3) is 0 Å². The van der Waals surface area contributed by atoms with E-state index in [-0.39, 0.29) is 16.3 Å². The molecule has 0 fully saturated rings. The van der Waals surface area contributed by atoms with Gasteiger partial charge in [0.15, 0.2) is 0 Å². The molecule has 7 heteroatoms. The van der Waals surface area contributed by atoms with Crippen LogP contribution in [0, 0.1) is 6.92 Å². The van der Waals surface area contributed by atoms with E-state index in [9.17, 15) is 13.2 Å². The second-order valence-corrected chi connectivity index (χ2v) is 6.67. The predicted octanol–water partition coefficient (Wildman–Crippen LogP) is 2.28. The van der Waals surface area contributed by atoms with Gasteiger partial charge in [-0.1, -0.05) is 30.3 Å². The van der Waals surface area contributed by atoms with Crippen LogP contribution in [0.5, 0.6) is 5.75 Å². The molecule has 0 amide bonds. The second-order valence-electron chi connectivity index (χ2n) is 4.84. The molecule has 0 unspecified atom stereocenters. The Bertz CT molecular complexity index is 817. The lowest BCUT2D eigenvalue weighted by molar-refractivity contribution is -0.135. The maximum absolute atomic E-state index is 13.0. The number of carboxylic acid groups (broad SMARTS) is 1. The van der Waals surface area contributed by atoms with Crippen LogP contribution in [0.3, 0.4) is 0 Å². The summed E-state index contributed by atoms with van der Waals surface area (Å²) in [5, 5.41) is 9.14. The van der Waals surface area contributed by atoms with Crippen LogP contribution in [-0.2, 0) is 14.8 Å². The minimum atomic E-state index is -4.04. The molecule has 23 heavy (non-hydrogen) atoms. The molecular formula is C16H17NO5S. The van der Waals surface area contributed by atoms with Gasteiger partial charge in [0.25, 0.3) is 10.0 Å². The van der Waals surface area contributed by atoms with Gasteiger partial charge >= 0.3 is 5.97 Å². The number of hydrogen-bond acceptors (Lipinski definition) is 4. The number of ether oxygens (including phenoxy) is 1. The zero-order valence-corrected chi connectivity index (χ0v) is 13.6. The van der Waals surface area contributed by atoms with Crippen molar-refractivity contribution < 1.29 is 23.1 Å². The van der Waals surface area contributed by atoms with E-state index in [1.807, 2.05) is 0 Å². The summed E-state index contributed by atoms with van der Waals surface area (Å²) in [5.41, 5.74) is 0.721. The highest BCUT2D eigenvalue weighted by Gasteiger charge is 2.30. The van der Waals surface area contributed by atoms with Crippen molar-refractivity contribution in [2.24, 2.45) is 0 Å². The number of carboxylic acids is 1. The molecule has 2 rings (SSSR count). The largest absolute Gasteiger partial charge is 0.495 e. The number of methoxy groups -OCH3 is 1. The molecule has 0 aliphatic rings. The lowest BCUT2D eigenvalue weighted by Gasteiger charge is -2.25. The Balaban J connectivity index is 2.64. The number of anilines is 1. The van der Waals surface area contributed by atoms with Gasteiger partial charge in [0, 0.05) is 0 Å². The van der Waals surface area contributed by atoms with E-state index in [2.05, 4.69) is 0 Å². The topological polar surface area (TPSA) is 83.9 Å². The van der Waals surface area contributed by atoms with Gasteiger partial charge < -0.3 is 9.84 Å². The highest BCUT2D eigenvalue weighted by molar-refractivity contribution is 7.93. The lowest BCUT2D eigenvalue weighted by Crippen LogP contribution is -2.36. The van der Waals surface area contributed by atoms with Crippen molar-refractivity contribution in [3.8, 4) is 5.75 Å². The van der Waals surface area contributed by atoms with E-state index in [4.69, 9.17) is 9.84 Å². The van der Waals surface area contributed by atoms with Crippen LogP contribution >= 0.6 is 0 Å². The molecule has 0 radical (unpaired) electrons. The molecule has 0 bridgehead atoms. The average Bonchev–Trinajstić information content (AvgIpc) is 2.52. The Morgan fingerprint density at radius 1 is 1.13 bits per heavy atom. The van der Waals surface area contributed by atoms with Gasteiger partial charge in [-0.3, -0.25) is 9.10 Å². The number of para-hydroxylation sites is 2. The van der Waals surface area contributed by atoms with Gasteiger partial charge in [0.1, 0.15) is 12.3 Å². The van der Waals surface area contributed by atoms with Crippen LogP contribution in [0.1, 0.15) is 5.56 Å². The lowest BCUT2D eigenvalue weighted by atomic mass is 10.2. The summed E-state index contributed by atoms with van der Waals surface area (Å²) in [4.78, 5) is 11.3. The zero-order valence-electron chi connectivity index (χ0n) is 12.8. The van der Waals surface area contributed by atoms with Crippen molar-refractivity contribution in [3.05, 3.63) is 54.1 Å². The quantitative estimate of drug-likeness (QED) is 0.875. The number of aliphatic carboxylic acids is 1. The number of carbonyl (C=O) groups is 1. The molecule has 0 saturated heterocycles. The molecular weight excluding hydrogens is 318 g/mol. The van der Waals surface area contributed by atoms with E-state index < -0.39 is 22.5 Å². The van der Waals surface area contributed by atoms with Gasteiger partial charge in [0.05, 0.1) is 17.7 Å². The van der Waals surface area contributed by atoms with Gasteiger partial charge in [-0.15, -0.1) is 0 Å². The highest BCUT2D eigenvalue weighted by atomic mass is 32.2. The molecule has 122 valence electrons. The third kappa shape index (κ3) is 3.45. The first-order valence-corrected chi connectivity index (χ1v) is 8.25. The average molecular weight is 335 g/mol. The molecule has 0 heterocycles. The maximum atomic E-state index is 13.0.